The summed E-state index contributed by atoms with van der Waals surface area (Å²) in [5, 5.41) is 0.187. The highest BCUT2D eigenvalue weighted by Crippen LogP contribution is 2.26. The van der Waals surface area contributed by atoms with Crippen LogP contribution in [-0.2, 0) is 16.4 Å². The van der Waals surface area contributed by atoms with Crippen LogP contribution in [0.2, 0.25) is 5.02 Å². The van der Waals surface area contributed by atoms with Gasteiger partial charge in [-0.25, -0.2) is 18.4 Å². The van der Waals surface area contributed by atoms with E-state index in [1.165, 1.54) is 0 Å². The van der Waals surface area contributed by atoms with Crippen LogP contribution in [0.25, 0.3) is 11.4 Å². The first-order chi connectivity index (χ1) is 14.4. The lowest BCUT2D eigenvalue weighted by Gasteiger charge is -2.31. The third-order valence-corrected chi connectivity index (χ3v) is 8.15. The molecule has 7 heteroatoms. The lowest BCUT2D eigenvalue weighted by atomic mass is 10.1. The van der Waals surface area contributed by atoms with E-state index in [0.717, 1.165) is 42.3 Å². The molecule has 0 bridgehead atoms. The summed E-state index contributed by atoms with van der Waals surface area (Å²) in [6.45, 7) is 4.20. The fourth-order valence-corrected chi connectivity index (χ4v) is 5.67. The molecule has 0 aliphatic carbocycles. The van der Waals surface area contributed by atoms with Gasteiger partial charge in [-0.2, -0.15) is 0 Å². The zero-order chi connectivity index (χ0) is 21.1. The van der Waals surface area contributed by atoms with Gasteiger partial charge in [-0.15, -0.1) is 0 Å². The van der Waals surface area contributed by atoms with Crippen molar-refractivity contribution in [2.75, 3.05) is 13.1 Å². The molecule has 1 saturated heterocycles. The molecule has 5 nitrogen and oxygen atoms in total. The van der Waals surface area contributed by atoms with E-state index < -0.39 is 9.84 Å². The van der Waals surface area contributed by atoms with Crippen LogP contribution < -0.4 is 0 Å². The molecule has 3 aromatic rings. The van der Waals surface area contributed by atoms with Crippen molar-refractivity contribution in [2.45, 2.75) is 36.5 Å². The second-order valence-electron chi connectivity index (χ2n) is 7.64. The maximum Gasteiger partial charge on any atom is 0.181 e. The summed E-state index contributed by atoms with van der Waals surface area (Å²) in [4.78, 5) is 11.8. The van der Waals surface area contributed by atoms with Gasteiger partial charge < -0.3 is 0 Å². The molecule has 1 fully saturated rings. The van der Waals surface area contributed by atoms with Crippen LogP contribution in [-0.4, -0.2) is 41.6 Å². The van der Waals surface area contributed by atoms with Gasteiger partial charge in [0.1, 0.15) is 0 Å². The summed E-state index contributed by atoms with van der Waals surface area (Å²) >= 11 is 5.89. The highest BCUT2D eigenvalue weighted by Gasteiger charge is 2.31. The third-order valence-electron chi connectivity index (χ3n) is 5.62. The van der Waals surface area contributed by atoms with E-state index in [1.54, 1.807) is 24.3 Å². The van der Waals surface area contributed by atoms with Crippen LogP contribution in [0.4, 0.5) is 0 Å². The molecule has 0 radical (unpaired) electrons. The Morgan fingerprint density at radius 2 is 1.70 bits per heavy atom. The molecule has 0 N–H and O–H groups in total. The molecule has 1 aliphatic heterocycles. The number of sulfone groups is 1. The molecule has 1 aliphatic rings. The van der Waals surface area contributed by atoms with E-state index >= 15 is 0 Å². The van der Waals surface area contributed by atoms with Gasteiger partial charge in [-0.05, 0) is 57.1 Å². The van der Waals surface area contributed by atoms with E-state index in [0.29, 0.717) is 22.8 Å². The van der Waals surface area contributed by atoms with Gasteiger partial charge in [-0.1, -0.05) is 41.9 Å². The van der Waals surface area contributed by atoms with Gasteiger partial charge in [0.2, 0.25) is 0 Å². The van der Waals surface area contributed by atoms with Gasteiger partial charge in [0.15, 0.2) is 15.7 Å². The van der Waals surface area contributed by atoms with Crippen molar-refractivity contribution >= 4 is 21.4 Å². The molecule has 0 spiro atoms. The Hall–Kier alpha value is -2.28. The molecule has 0 saturated carbocycles. The van der Waals surface area contributed by atoms with E-state index in [2.05, 4.69) is 14.9 Å². The fraction of sp³-hybridized carbons (Fsp3) is 0.304. The number of likely N-dealkylation sites (tertiary alicyclic amines) is 1. The van der Waals surface area contributed by atoms with Crippen LogP contribution >= 0.6 is 11.6 Å². The number of hydrogen-bond acceptors (Lipinski definition) is 5. The van der Waals surface area contributed by atoms with Gasteiger partial charge in [-0.3, -0.25) is 4.90 Å². The zero-order valence-corrected chi connectivity index (χ0v) is 18.4. The van der Waals surface area contributed by atoms with Crippen LogP contribution in [0, 0.1) is 6.92 Å². The fourth-order valence-electron chi connectivity index (χ4n) is 3.81. The second-order valence-corrected chi connectivity index (χ2v) is 10.3. The molecule has 0 atom stereocenters. The summed E-state index contributed by atoms with van der Waals surface area (Å²) < 4.78 is 25.8. The van der Waals surface area contributed by atoms with Crippen molar-refractivity contribution in [3.8, 4) is 11.4 Å². The number of rotatable bonds is 5. The summed E-state index contributed by atoms with van der Waals surface area (Å²) in [7, 11) is -3.33. The van der Waals surface area contributed by atoms with Crippen molar-refractivity contribution in [1.82, 2.24) is 14.9 Å². The molecular formula is C23H24ClN3O2S. The van der Waals surface area contributed by atoms with Crippen molar-refractivity contribution in [1.29, 1.82) is 0 Å². The summed E-state index contributed by atoms with van der Waals surface area (Å²) in [6.07, 6.45) is 3.13. The molecule has 4 rings (SSSR count). The van der Waals surface area contributed by atoms with E-state index in [9.17, 15) is 8.42 Å². The minimum Gasteiger partial charge on any atom is -0.299 e. The van der Waals surface area contributed by atoms with Crippen molar-refractivity contribution in [3.63, 3.8) is 0 Å². The Labute approximate surface area is 182 Å². The first-order valence-electron chi connectivity index (χ1n) is 10.0. The first-order valence-corrected chi connectivity index (χ1v) is 12.0. The molecular weight excluding hydrogens is 418 g/mol. The Morgan fingerprint density at radius 3 is 2.33 bits per heavy atom. The molecule has 156 valence electrons. The Balaban J connectivity index is 1.40. The standard InChI is InChI=1S/C23H24ClN3O2S/c1-17-19(15-25-23(26-17)18-5-3-2-4-6-18)16-27-13-11-22(12-14-27)30(28,29)21-9-7-20(24)8-10-21/h2-10,15,22H,11-14,16H2,1H3. The number of aromatic nitrogens is 2. The van der Waals surface area contributed by atoms with Gasteiger partial charge >= 0.3 is 0 Å². The average molecular weight is 442 g/mol. The maximum atomic E-state index is 12.9. The normalized spacial score (nSPS) is 15.9. The molecule has 1 aromatic heterocycles. The maximum absolute atomic E-state index is 12.9. The summed E-state index contributed by atoms with van der Waals surface area (Å²) in [5.41, 5.74) is 3.04. The number of nitrogens with zero attached hydrogens (tertiary/aromatic N) is 3. The minimum atomic E-state index is -3.33. The highest BCUT2D eigenvalue weighted by atomic mass is 35.5. The lowest BCUT2D eigenvalue weighted by molar-refractivity contribution is 0.221. The number of hydrogen-bond donors (Lipinski definition) is 0. The number of benzene rings is 2. The molecule has 0 amide bonds. The minimum absolute atomic E-state index is 0.353. The Bertz CT molecular complexity index is 1110. The van der Waals surface area contributed by atoms with Gasteiger partial charge in [0, 0.05) is 34.6 Å². The van der Waals surface area contributed by atoms with Crippen molar-refractivity contribution < 1.29 is 8.42 Å². The van der Waals surface area contributed by atoms with E-state index in [4.69, 9.17) is 11.6 Å². The quantitative estimate of drug-likeness (QED) is 0.581. The largest absolute Gasteiger partial charge is 0.299 e. The Kier molecular flexibility index (Phi) is 6.18. The SMILES string of the molecule is Cc1nc(-c2ccccc2)ncc1CN1CCC(S(=O)(=O)c2ccc(Cl)cc2)CC1. The van der Waals surface area contributed by atoms with Crippen molar-refractivity contribution in [2.24, 2.45) is 0 Å². The van der Waals surface area contributed by atoms with E-state index in [-0.39, 0.29) is 5.25 Å². The van der Waals surface area contributed by atoms with E-state index in [1.807, 2.05) is 43.5 Å². The summed E-state index contributed by atoms with van der Waals surface area (Å²) in [5.74, 6) is 0.726. The molecule has 2 heterocycles. The van der Waals surface area contributed by atoms with Gasteiger partial charge in [0.25, 0.3) is 0 Å². The predicted octanol–water partition coefficient (Wildman–Crippen LogP) is 4.54. The molecule has 0 unspecified atom stereocenters. The number of halogens is 1. The Morgan fingerprint density at radius 1 is 1.03 bits per heavy atom. The number of piperidine rings is 1. The highest BCUT2D eigenvalue weighted by molar-refractivity contribution is 7.92. The average Bonchev–Trinajstić information content (AvgIpc) is 2.76. The second kappa shape index (κ2) is 8.84. The van der Waals surface area contributed by atoms with Crippen LogP contribution in [0.5, 0.6) is 0 Å². The van der Waals surface area contributed by atoms with Crippen LogP contribution in [0.15, 0.2) is 65.7 Å². The topological polar surface area (TPSA) is 63.2 Å². The van der Waals surface area contributed by atoms with Gasteiger partial charge in [0.05, 0.1) is 10.1 Å². The third kappa shape index (κ3) is 4.56. The lowest BCUT2D eigenvalue weighted by Crippen LogP contribution is -2.39. The van der Waals surface area contributed by atoms with Crippen LogP contribution in [0.1, 0.15) is 24.1 Å². The predicted molar refractivity (Wildman–Crippen MR) is 119 cm³/mol. The van der Waals surface area contributed by atoms with Crippen molar-refractivity contribution in [3.05, 3.63) is 77.1 Å². The zero-order valence-electron chi connectivity index (χ0n) is 16.8. The number of aryl methyl sites for hydroxylation is 1. The van der Waals surface area contributed by atoms with Crippen LogP contribution in [0.3, 0.4) is 0 Å². The molecule has 2 aromatic carbocycles. The monoisotopic (exact) mass is 441 g/mol. The first kappa shape index (κ1) is 21.0. The smallest absolute Gasteiger partial charge is 0.181 e. The molecule has 30 heavy (non-hydrogen) atoms. The summed E-state index contributed by atoms with van der Waals surface area (Å²) in [6, 6.07) is 16.4.